The molecule has 0 bridgehead atoms. The maximum absolute atomic E-state index is 13.8. The predicted molar refractivity (Wildman–Crippen MR) is 78.7 cm³/mol. The summed E-state index contributed by atoms with van der Waals surface area (Å²) in [5.74, 6) is -0.144. The molecule has 4 heteroatoms. The van der Waals surface area contributed by atoms with Gasteiger partial charge in [-0.05, 0) is 60.0 Å². The minimum absolute atomic E-state index is 0.144. The minimum Gasteiger partial charge on any atom is -0.316 e. The highest BCUT2D eigenvalue weighted by Gasteiger charge is 2.12. The van der Waals surface area contributed by atoms with Gasteiger partial charge in [-0.1, -0.05) is 22.0 Å². The Balaban J connectivity index is 2.05. The van der Waals surface area contributed by atoms with Crippen LogP contribution in [-0.4, -0.2) is 13.1 Å². The Kier molecular flexibility index (Phi) is 4.92. The van der Waals surface area contributed by atoms with Crippen LogP contribution in [0.1, 0.15) is 11.1 Å². The van der Waals surface area contributed by atoms with E-state index in [0.29, 0.717) is 6.42 Å². The van der Waals surface area contributed by atoms with E-state index in [1.54, 1.807) is 11.3 Å². The van der Waals surface area contributed by atoms with Crippen molar-refractivity contribution in [1.29, 1.82) is 0 Å². The summed E-state index contributed by atoms with van der Waals surface area (Å²) in [7, 11) is 1.92. The monoisotopic (exact) mass is 327 g/mol. The number of likely N-dealkylation sites (N-methyl/N-ethyl adjacent to an activating group) is 1. The molecule has 1 unspecified atom stereocenters. The number of nitrogens with one attached hydrogen (secondary N) is 1. The molecule has 0 saturated carbocycles. The first-order valence-electron chi connectivity index (χ1n) is 5.81. The maximum atomic E-state index is 13.8. The number of hydrogen-bond acceptors (Lipinski definition) is 2. The third-order valence-corrected chi connectivity index (χ3v) is 4.18. The molecule has 0 radical (unpaired) electrons. The largest absolute Gasteiger partial charge is 0.316 e. The first-order valence-corrected chi connectivity index (χ1v) is 7.55. The fraction of sp³-hybridized carbons (Fsp3) is 0.286. The average Bonchev–Trinajstić information content (AvgIpc) is 2.84. The lowest BCUT2D eigenvalue weighted by atomic mass is 10.0. The Hall–Kier alpha value is -0.710. The fourth-order valence-electron chi connectivity index (χ4n) is 1.92. The molecule has 0 spiro atoms. The summed E-state index contributed by atoms with van der Waals surface area (Å²) in [6.45, 7) is 0. The number of rotatable bonds is 5. The molecule has 1 aromatic heterocycles. The van der Waals surface area contributed by atoms with Crippen LogP contribution in [0.5, 0.6) is 0 Å². The lowest BCUT2D eigenvalue weighted by Gasteiger charge is -2.16. The SMILES string of the molecule is CNC(Cc1ccsc1)Cc1ccc(Br)cc1F. The van der Waals surface area contributed by atoms with Gasteiger partial charge in [0, 0.05) is 10.5 Å². The molecule has 0 saturated heterocycles. The van der Waals surface area contributed by atoms with Crippen molar-refractivity contribution in [3.05, 3.63) is 56.4 Å². The standard InChI is InChI=1S/C14H15BrFNS/c1-17-13(6-10-4-5-18-9-10)7-11-2-3-12(15)8-14(11)16/h2-5,8-9,13,17H,6-7H2,1H3. The summed E-state index contributed by atoms with van der Waals surface area (Å²) >= 11 is 4.97. The Labute approximate surface area is 119 Å². The van der Waals surface area contributed by atoms with Gasteiger partial charge in [-0.15, -0.1) is 0 Å². The molecule has 0 amide bonds. The van der Waals surface area contributed by atoms with Gasteiger partial charge in [0.05, 0.1) is 0 Å². The van der Waals surface area contributed by atoms with Gasteiger partial charge in [-0.3, -0.25) is 0 Å². The molecule has 2 rings (SSSR count). The van der Waals surface area contributed by atoms with Gasteiger partial charge < -0.3 is 5.32 Å². The first-order chi connectivity index (χ1) is 8.69. The predicted octanol–water partition coefficient (Wildman–Crippen LogP) is 4.02. The highest BCUT2D eigenvalue weighted by atomic mass is 79.9. The zero-order valence-electron chi connectivity index (χ0n) is 10.1. The van der Waals surface area contributed by atoms with Crippen LogP contribution in [0.25, 0.3) is 0 Å². The molecule has 1 nitrogen and oxygen atoms in total. The van der Waals surface area contributed by atoms with Gasteiger partial charge in [-0.2, -0.15) is 11.3 Å². The van der Waals surface area contributed by atoms with Gasteiger partial charge in [0.15, 0.2) is 0 Å². The summed E-state index contributed by atoms with van der Waals surface area (Å²) < 4.78 is 14.6. The van der Waals surface area contributed by atoms with Crippen LogP contribution in [0.15, 0.2) is 39.5 Å². The summed E-state index contributed by atoms with van der Waals surface area (Å²) in [5, 5.41) is 7.47. The second-order valence-corrected chi connectivity index (χ2v) is 5.96. The van der Waals surface area contributed by atoms with Crippen LogP contribution in [0, 0.1) is 5.82 Å². The Bertz CT molecular complexity index is 499. The van der Waals surface area contributed by atoms with E-state index in [0.717, 1.165) is 16.5 Å². The lowest BCUT2D eigenvalue weighted by molar-refractivity contribution is 0.532. The van der Waals surface area contributed by atoms with E-state index in [2.05, 4.69) is 38.1 Å². The molecule has 1 heterocycles. The highest BCUT2D eigenvalue weighted by Crippen LogP contribution is 2.18. The molecule has 0 aliphatic carbocycles. The molecule has 0 aliphatic heterocycles. The van der Waals surface area contributed by atoms with Crippen molar-refractivity contribution in [3.8, 4) is 0 Å². The third kappa shape index (κ3) is 3.64. The molecule has 1 N–H and O–H groups in total. The molecule has 0 fully saturated rings. The minimum atomic E-state index is -0.144. The van der Waals surface area contributed by atoms with E-state index in [1.807, 2.05) is 19.2 Å². The quantitative estimate of drug-likeness (QED) is 0.874. The number of thiophene rings is 1. The summed E-state index contributed by atoms with van der Waals surface area (Å²) in [6, 6.07) is 7.63. The average molecular weight is 328 g/mol. The van der Waals surface area contributed by atoms with Crippen molar-refractivity contribution in [2.75, 3.05) is 7.05 Å². The third-order valence-electron chi connectivity index (χ3n) is 2.95. The van der Waals surface area contributed by atoms with E-state index < -0.39 is 0 Å². The van der Waals surface area contributed by atoms with Crippen molar-refractivity contribution < 1.29 is 4.39 Å². The molecule has 0 aliphatic rings. The van der Waals surface area contributed by atoms with Gasteiger partial charge in [0.2, 0.25) is 0 Å². The van der Waals surface area contributed by atoms with E-state index in [9.17, 15) is 4.39 Å². The first kappa shape index (κ1) is 13.7. The van der Waals surface area contributed by atoms with Gasteiger partial charge >= 0.3 is 0 Å². The summed E-state index contributed by atoms with van der Waals surface area (Å²) in [6.07, 6.45) is 1.63. The topological polar surface area (TPSA) is 12.0 Å². The normalized spacial score (nSPS) is 12.6. The Morgan fingerprint density at radius 2 is 2.17 bits per heavy atom. The Morgan fingerprint density at radius 1 is 1.33 bits per heavy atom. The van der Waals surface area contributed by atoms with Crippen molar-refractivity contribution >= 4 is 27.3 Å². The fourth-order valence-corrected chi connectivity index (χ4v) is 2.94. The smallest absolute Gasteiger partial charge is 0.127 e. The van der Waals surface area contributed by atoms with Crippen molar-refractivity contribution in [1.82, 2.24) is 5.32 Å². The zero-order valence-corrected chi connectivity index (χ0v) is 12.5. The molecule has 2 aromatic rings. The van der Waals surface area contributed by atoms with Crippen LogP contribution in [0.3, 0.4) is 0 Å². The van der Waals surface area contributed by atoms with E-state index in [4.69, 9.17) is 0 Å². The van der Waals surface area contributed by atoms with Crippen LogP contribution >= 0.6 is 27.3 Å². The number of benzene rings is 1. The van der Waals surface area contributed by atoms with E-state index in [1.165, 1.54) is 11.6 Å². The van der Waals surface area contributed by atoms with Crippen LogP contribution in [0.4, 0.5) is 4.39 Å². The molecular formula is C14H15BrFNS. The maximum Gasteiger partial charge on any atom is 0.127 e. The zero-order chi connectivity index (χ0) is 13.0. The summed E-state index contributed by atoms with van der Waals surface area (Å²) in [4.78, 5) is 0. The molecule has 18 heavy (non-hydrogen) atoms. The van der Waals surface area contributed by atoms with Crippen LogP contribution < -0.4 is 5.32 Å². The molecule has 1 aromatic carbocycles. The second kappa shape index (κ2) is 6.45. The van der Waals surface area contributed by atoms with E-state index >= 15 is 0 Å². The van der Waals surface area contributed by atoms with Crippen molar-refractivity contribution in [3.63, 3.8) is 0 Å². The van der Waals surface area contributed by atoms with Crippen molar-refractivity contribution in [2.45, 2.75) is 18.9 Å². The van der Waals surface area contributed by atoms with Gasteiger partial charge in [0.1, 0.15) is 5.82 Å². The summed E-state index contributed by atoms with van der Waals surface area (Å²) in [5.41, 5.74) is 2.06. The van der Waals surface area contributed by atoms with Crippen LogP contribution in [0.2, 0.25) is 0 Å². The van der Waals surface area contributed by atoms with Gasteiger partial charge in [0.25, 0.3) is 0 Å². The van der Waals surface area contributed by atoms with Gasteiger partial charge in [-0.25, -0.2) is 4.39 Å². The molecular weight excluding hydrogens is 313 g/mol. The molecule has 1 atom stereocenters. The lowest BCUT2D eigenvalue weighted by Crippen LogP contribution is -2.30. The highest BCUT2D eigenvalue weighted by molar-refractivity contribution is 9.10. The second-order valence-electron chi connectivity index (χ2n) is 4.26. The van der Waals surface area contributed by atoms with E-state index in [-0.39, 0.29) is 11.9 Å². The van der Waals surface area contributed by atoms with Crippen LogP contribution in [-0.2, 0) is 12.8 Å². The molecule has 96 valence electrons. The van der Waals surface area contributed by atoms with Crippen molar-refractivity contribution in [2.24, 2.45) is 0 Å². The Morgan fingerprint density at radius 3 is 2.78 bits per heavy atom. The number of hydrogen-bond donors (Lipinski definition) is 1. The number of halogens is 2.